The number of carboxylic acid groups (broad SMARTS) is 1. The second-order valence-corrected chi connectivity index (χ2v) is 6.85. The van der Waals surface area contributed by atoms with Gasteiger partial charge < -0.3 is 10.2 Å². The van der Waals surface area contributed by atoms with Crippen LogP contribution in [0.5, 0.6) is 0 Å². The summed E-state index contributed by atoms with van der Waals surface area (Å²) in [4.78, 5) is 13.0. The van der Waals surface area contributed by atoms with Crippen LogP contribution in [0.4, 0.5) is 0 Å². The van der Waals surface area contributed by atoms with Crippen LogP contribution < -0.4 is 0 Å². The number of nitrogens with zero attached hydrogens (tertiary/aromatic N) is 1. The van der Waals surface area contributed by atoms with Gasteiger partial charge in [-0.3, -0.25) is 4.90 Å². The van der Waals surface area contributed by atoms with E-state index in [0.717, 1.165) is 25.9 Å². The van der Waals surface area contributed by atoms with Gasteiger partial charge in [-0.2, -0.15) is 0 Å². The molecule has 0 radical (unpaired) electrons. The number of aliphatic carboxylic acids is 1. The summed E-state index contributed by atoms with van der Waals surface area (Å²) in [7, 11) is 0. The van der Waals surface area contributed by atoms with E-state index < -0.39 is 11.6 Å². The summed E-state index contributed by atoms with van der Waals surface area (Å²) in [5, 5.41) is 18.8. The Morgan fingerprint density at radius 2 is 1.83 bits per heavy atom. The van der Waals surface area contributed by atoms with Gasteiger partial charge in [0.25, 0.3) is 0 Å². The predicted octanol–water partition coefficient (Wildman–Crippen LogP) is 1.97. The van der Waals surface area contributed by atoms with Crippen LogP contribution in [0, 0.1) is 11.3 Å². The number of rotatable bonds is 3. The summed E-state index contributed by atoms with van der Waals surface area (Å²) in [6.07, 6.45) is 3.35. The molecule has 1 rings (SSSR count). The molecule has 2 atom stereocenters. The summed E-state index contributed by atoms with van der Waals surface area (Å²) in [6.45, 7) is 10.2. The van der Waals surface area contributed by atoms with Crippen molar-refractivity contribution in [2.75, 3.05) is 19.6 Å². The van der Waals surface area contributed by atoms with Gasteiger partial charge in [-0.15, -0.1) is 0 Å². The number of likely N-dealkylation sites (tertiary alicyclic amines) is 1. The molecular formula is C14H27NO3. The van der Waals surface area contributed by atoms with Crippen molar-refractivity contribution in [1.82, 2.24) is 4.90 Å². The molecule has 1 saturated heterocycles. The Balaban J connectivity index is 2.55. The third-order valence-electron chi connectivity index (χ3n) is 4.04. The molecule has 0 aromatic heterocycles. The van der Waals surface area contributed by atoms with Crippen molar-refractivity contribution in [1.29, 1.82) is 0 Å². The average Bonchev–Trinajstić information content (AvgIpc) is 2.41. The summed E-state index contributed by atoms with van der Waals surface area (Å²) in [5.74, 6) is -0.462. The molecule has 0 amide bonds. The normalized spacial score (nSPS) is 26.4. The smallest absolute Gasteiger partial charge is 0.336 e. The van der Waals surface area contributed by atoms with Crippen LogP contribution in [0.2, 0.25) is 0 Å². The molecule has 0 aliphatic carbocycles. The molecule has 2 N–H and O–H groups in total. The van der Waals surface area contributed by atoms with Crippen LogP contribution in [0.15, 0.2) is 0 Å². The van der Waals surface area contributed by atoms with Crippen LogP contribution in [0.1, 0.15) is 47.0 Å². The minimum absolute atomic E-state index is 0.221. The molecule has 0 spiro atoms. The van der Waals surface area contributed by atoms with Crippen molar-refractivity contribution >= 4 is 5.97 Å². The van der Waals surface area contributed by atoms with Gasteiger partial charge in [0.15, 0.2) is 5.60 Å². The maximum Gasteiger partial charge on any atom is 0.336 e. The lowest BCUT2D eigenvalue weighted by Gasteiger charge is -2.30. The first-order chi connectivity index (χ1) is 8.13. The topological polar surface area (TPSA) is 60.8 Å². The van der Waals surface area contributed by atoms with Gasteiger partial charge in [-0.25, -0.2) is 4.79 Å². The van der Waals surface area contributed by atoms with Crippen molar-refractivity contribution in [3.05, 3.63) is 0 Å². The maximum absolute atomic E-state index is 10.9. The van der Waals surface area contributed by atoms with E-state index in [0.29, 0.717) is 11.3 Å². The number of hydrogen-bond donors (Lipinski definition) is 2. The molecule has 0 aromatic rings. The van der Waals surface area contributed by atoms with Crippen LogP contribution >= 0.6 is 0 Å². The predicted molar refractivity (Wildman–Crippen MR) is 71.5 cm³/mol. The van der Waals surface area contributed by atoms with Crippen LogP contribution in [-0.2, 0) is 4.79 Å². The highest BCUT2D eigenvalue weighted by Crippen LogP contribution is 2.34. The highest BCUT2D eigenvalue weighted by Gasteiger charge is 2.34. The Hall–Kier alpha value is -0.610. The fraction of sp³-hybridized carbons (Fsp3) is 0.929. The SMILES string of the molecule is CC(O)(CN1CCCC(C(C)(C)C)CC1)C(=O)O. The molecule has 106 valence electrons. The van der Waals surface area contributed by atoms with Gasteiger partial charge in [-0.1, -0.05) is 20.8 Å². The number of β-amino-alcohol motifs (C(OH)–C–C–N with tert-alkyl or cyclic N) is 1. The molecule has 1 fully saturated rings. The van der Waals surface area contributed by atoms with Crippen molar-refractivity contribution in [3.63, 3.8) is 0 Å². The third kappa shape index (κ3) is 4.25. The second-order valence-electron chi connectivity index (χ2n) is 6.85. The Bertz CT molecular complexity index is 294. The molecular weight excluding hydrogens is 230 g/mol. The zero-order chi connectivity index (χ0) is 14.0. The third-order valence-corrected chi connectivity index (χ3v) is 4.04. The zero-order valence-electron chi connectivity index (χ0n) is 12.1. The largest absolute Gasteiger partial charge is 0.479 e. The van der Waals surface area contributed by atoms with E-state index in [4.69, 9.17) is 5.11 Å². The summed E-state index contributed by atoms with van der Waals surface area (Å²) >= 11 is 0. The lowest BCUT2D eigenvalue weighted by Crippen LogP contribution is -2.47. The van der Waals surface area contributed by atoms with Gasteiger partial charge in [0, 0.05) is 6.54 Å². The van der Waals surface area contributed by atoms with E-state index in [2.05, 4.69) is 25.7 Å². The Kier molecular flexibility index (Phi) is 4.78. The van der Waals surface area contributed by atoms with Crippen molar-refractivity contribution < 1.29 is 15.0 Å². The Labute approximate surface area is 110 Å². The monoisotopic (exact) mass is 257 g/mol. The molecule has 18 heavy (non-hydrogen) atoms. The number of aliphatic hydroxyl groups is 1. The lowest BCUT2D eigenvalue weighted by molar-refractivity contribution is -0.158. The average molecular weight is 257 g/mol. The molecule has 1 heterocycles. The van der Waals surface area contributed by atoms with E-state index >= 15 is 0 Å². The summed E-state index contributed by atoms with van der Waals surface area (Å²) < 4.78 is 0. The molecule has 1 aliphatic rings. The molecule has 0 bridgehead atoms. The van der Waals surface area contributed by atoms with Gasteiger partial charge >= 0.3 is 5.97 Å². The highest BCUT2D eigenvalue weighted by atomic mass is 16.4. The zero-order valence-corrected chi connectivity index (χ0v) is 12.1. The quantitative estimate of drug-likeness (QED) is 0.811. The van der Waals surface area contributed by atoms with E-state index in [-0.39, 0.29) is 6.54 Å². The number of hydrogen-bond acceptors (Lipinski definition) is 3. The number of carboxylic acids is 1. The van der Waals surface area contributed by atoms with Crippen LogP contribution in [-0.4, -0.2) is 46.3 Å². The van der Waals surface area contributed by atoms with Crippen molar-refractivity contribution in [2.45, 2.75) is 52.6 Å². The van der Waals surface area contributed by atoms with Crippen molar-refractivity contribution in [2.24, 2.45) is 11.3 Å². The first-order valence-corrected chi connectivity index (χ1v) is 6.81. The maximum atomic E-state index is 10.9. The molecule has 0 saturated carbocycles. The first kappa shape index (κ1) is 15.4. The van der Waals surface area contributed by atoms with Gasteiger partial charge in [0.1, 0.15) is 0 Å². The van der Waals surface area contributed by atoms with E-state index in [9.17, 15) is 9.90 Å². The second kappa shape index (κ2) is 5.57. The van der Waals surface area contributed by atoms with E-state index in [1.807, 2.05) is 0 Å². The minimum Gasteiger partial charge on any atom is -0.479 e. The molecule has 1 aliphatic heterocycles. The molecule has 0 aromatic carbocycles. The van der Waals surface area contributed by atoms with Crippen LogP contribution in [0.25, 0.3) is 0 Å². The van der Waals surface area contributed by atoms with Gasteiger partial charge in [0.05, 0.1) is 0 Å². The van der Waals surface area contributed by atoms with E-state index in [1.54, 1.807) is 0 Å². The van der Waals surface area contributed by atoms with Gasteiger partial charge in [-0.05, 0) is 50.6 Å². The molecule has 2 unspecified atom stereocenters. The van der Waals surface area contributed by atoms with Crippen LogP contribution in [0.3, 0.4) is 0 Å². The fourth-order valence-corrected chi connectivity index (χ4v) is 2.68. The lowest BCUT2D eigenvalue weighted by atomic mass is 9.77. The molecule has 4 heteroatoms. The van der Waals surface area contributed by atoms with Crippen molar-refractivity contribution in [3.8, 4) is 0 Å². The minimum atomic E-state index is -1.64. The fourth-order valence-electron chi connectivity index (χ4n) is 2.68. The first-order valence-electron chi connectivity index (χ1n) is 6.81. The number of carbonyl (C=O) groups is 1. The van der Waals surface area contributed by atoms with E-state index in [1.165, 1.54) is 13.3 Å². The van der Waals surface area contributed by atoms with Gasteiger partial charge in [0.2, 0.25) is 0 Å². The Morgan fingerprint density at radius 1 is 1.22 bits per heavy atom. The standard InChI is InChI=1S/C14H27NO3/c1-13(2,3)11-6-5-8-15(9-7-11)10-14(4,18)12(16)17/h11,18H,5-10H2,1-4H3,(H,16,17). The summed E-state index contributed by atoms with van der Waals surface area (Å²) in [5.41, 5.74) is -1.33. The highest BCUT2D eigenvalue weighted by molar-refractivity contribution is 5.76. The Morgan fingerprint density at radius 3 is 2.33 bits per heavy atom. The summed E-state index contributed by atoms with van der Waals surface area (Å²) in [6, 6.07) is 0. The molecule has 4 nitrogen and oxygen atoms in total.